The van der Waals surface area contributed by atoms with Gasteiger partial charge in [0.2, 0.25) is 0 Å². The van der Waals surface area contributed by atoms with E-state index in [4.69, 9.17) is 0 Å². The number of carbonyl (C=O) groups excluding carboxylic acids is 1. The zero-order chi connectivity index (χ0) is 14.2. The molecular formula is C15H18FN3O. The highest BCUT2D eigenvalue weighted by molar-refractivity contribution is 5.81. The number of benzene rings is 1. The molecule has 1 unspecified atom stereocenters. The number of hydrogen-bond acceptors (Lipinski definition) is 3. The van der Waals surface area contributed by atoms with Crippen LogP contribution in [0.25, 0.3) is 0 Å². The second-order valence-corrected chi connectivity index (χ2v) is 4.69. The number of allylic oxidation sites excluding steroid dienone is 2. The molecule has 1 aromatic rings. The van der Waals surface area contributed by atoms with E-state index >= 15 is 0 Å². The maximum Gasteiger partial charge on any atom is 0.259 e. The standard InChI is InChI=1S/C15H18FN3O/c16-13-8-4-5-9-14(13)17-11-15(20)19-18-10-12-6-2-1-3-7-12/h1-2,4-5,8-10,12,17H,3,6-7,11H2,(H,19,20)/b18-10+. The Morgan fingerprint density at radius 2 is 2.25 bits per heavy atom. The van der Waals surface area contributed by atoms with E-state index in [-0.39, 0.29) is 18.3 Å². The molecule has 4 nitrogen and oxygen atoms in total. The summed E-state index contributed by atoms with van der Waals surface area (Å²) < 4.78 is 13.3. The van der Waals surface area contributed by atoms with E-state index in [9.17, 15) is 9.18 Å². The normalized spacial score (nSPS) is 18.1. The van der Waals surface area contributed by atoms with E-state index < -0.39 is 0 Å². The summed E-state index contributed by atoms with van der Waals surface area (Å²) in [5, 5.41) is 6.67. The van der Waals surface area contributed by atoms with Gasteiger partial charge in [-0.1, -0.05) is 24.3 Å². The third-order valence-electron chi connectivity index (χ3n) is 3.10. The van der Waals surface area contributed by atoms with E-state index in [1.54, 1.807) is 24.4 Å². The number of nitrogens with zero attached hydrogens (tertiary/aromatic N) is 1. The number of halogens is 1. The molecule has 2 rings (SSSR count). The van der Waals surface area contributed by atoms with Crippen LogP contribution in [0.1, 0.15) is 19.3 Å². The SMILES string of the molecule is O=C(CNc1ccccc1F)N/N=C/C1CC=CCC1. The average molecular weight is 275 g/mol. The fourth-order valence-electron chi connectivity index (χ4n) is 1.99. The third-order valence-corrected chi connectivity index (χ3v) is 3.10. The van der Waals surface area contributed by atoms with Crippen molar-refractivity contribution < 1.29 is 9.18 Å². The first-order chi connectivity index (χ1) is 9.75. The Balaban J connectivity index is 1.71. The smallest absolute Gasteiger partial charge is 0.259 e. The first kappa shape index (κ1) is 14.2. The average Bonchev–Trinajstić information content (AvgIpc) is 2.47. The molecule has 0 aliphatic heterocycles. The van der Waals surface area contributed by atoms with Crippen molar-refractivity contribution in [1.29, 1.82) is 0 Å². The van der Waals surface area contributed by atoms with Crippen LogP contribution < -0.4 is 10.7 Å². The number of carbonyl (C=O) groups is 1. The minimum atomic E-state index is -0.377. The Kier molecular flexibility index (Phi) is 5.29. The molecule has 20 heavy (non-hydrogen) atoms. The first-order valence-corrected chi connectivity index (χ1v) is 6.71. The molecule has 0 fully saturated rings. The quantitative estimate of drug-likeness (QED) is 0.493. The van der Waals surface area contributed by atoms with Crippen LogP contribution in [0, 0.1) is 11.7 Å². The van der Waals surface area contributed by atoms with Gasteiger partial charge in [-0.05, 0) is 37.3 Å². The predicted molar refractivity (Wildman–Crippen MR) is 78.0 cm³/mol. The molecule has 1 amide bonds. The highest BCUT2D eigenvalue weighted by Gasteiger charge is 2.07. The lowest BCUT2D eigenvalue weighted by Crippen LogP contribution is -2.26. The van der Waals surface area contributed by atoms with Crippen molar-refractivity contribution in [3.05, 3.63) is 42.2 Å². The summed E-state index contributed by atoms with van der Waals surface area (Å²) in [4.78, 5) is 11.5. The van der Waals surface area contributed by atoms with Gasteiger partial charge in [0, 0.05) is 6.21 Å². The van der Waals surface area contributed by atoms with Gasteiger partial charge in [0.05, 0.1) is 12.2 Å². The first-order valence-electron chi connectivity index (χ1n) is 6.71. The van der Waals surface area contributed by atoms with Gasteiger partial charge in [-0.3, -0.25) is 4.79 Å². The molecule has 106 valence electrons. The van der Waals surface area contributed by atoms with Gasteiger partial charge in [-0.15, -0.1) is 0 Å². The highest BCUT2D eigenvalue weighted by atomic mass is 19.1. The Bertz CT molecular complexity index is 514. The van der Waals surface area contributed by atoms with Crippen molar-refractivity contribution >= 4 is 17.8 Å². The van der Waals surface area contributed by atoms with Crippen LogP contribution in [0.3, 0.4) is 0 Å². The predicted octanol–water partition coefficient (Wildman–Crippen LogP) is 2.70. The zero-order valence-corrected chi connectivity index (χ0v) is 11.2. The molecular weight excluding hydrogens is 257 g/mol. The molecule has 0 radical (unpaired) electrons. The summed E-state index contributed by atoms with van der Waals surface area (Å²) in [6, 6.07) is 6.23. The lowest BCUT2D eigenvalue weighted by atomic mass is 9.96. The minimum Gasteiger partial charge on any atom is -0.374 e. The monoisotopic (exact) mass is 275 g/mol. The second-order valence-electron chi connectivity index (χ2n) is 4.69. The largest absolute Gasteiger partial charge is 0.374 e. The second kappa shape index (κ2) is 7.43. The van der Waals surface area contributed by atoms with E-state index in [0.717, 1.165) is 19.3 Å². The fraction of sp³-hybridized carbons (Fsp3) is 0.333. The number of para-hydroxylation sites is 1. The fourth-order valence-corrected chi connectivity index (χ4v) is 1.99. The van der Waals surface area contributed by atoms with Crippen LogP contribution >= 0.6 is 0 Å². The molecule has 2 N–H and O–H groups in total. The zero-order valence-electron chi connectivity index (χ0n) is 11.2. The van der Waals surface area contributed by atoms with Crippen LogP contribution in [-0.2, 0) is 4.79 Å². The van der Waals surface area contributed by atoms with Crippen molar-refractivity contribution in [2.24, 2.45) is 11.0 Å². The molecule has 0 saturated carbocycles. The molecule has 5 heteroatoms. The van der Waals surface area contributed by atoms with Gasteiger partial charge >= 0.3 is 0 Å². The topological polar surface area (TPSA) is 53.5 Å². The van der Waals surface area contributed by atoms with Crippen LogP contribution in [0.2, 0.25) is 0 Å². The van der Waals surface area contributed by atoms with Crippen molar-refractivity contribution in [2.45, 2.75) is 19.3 Å². The molecule has 1 atom stereocenters. The van der Waals surface area contributed by atoms with Crippen molar-refractivity contribution in [3.63, 3.8) is 0 Å². The van der Waals surface area contributed by atoms with Gasteiger partial charge in [0.15, 0.2) is 0 Å². The third kappa shape index (κ3) is 4.50. The summed E-state index contributed by atoms with van der Waals surface area (Å²) in [5.41, 5.74) is 2.75. The van der Waals surface area contributed by atoms with Crippen molar-refractivity contribution in [2.75, 3.05) is 11.9 Å². The van der Waals surface area contributed by atoms with Crippen LogP contribution in [-0.4, -0.2) is 18.7 Å². The lowest BCUT2D eigenvalue weighted by Gasteiger charge is -2.11. The Hall–Kier alpha value is -2.17. The van der Waals surface area contributed by atoms with Crippen LogP contribution in [0.4, 0.5) is 10.1 Å². The van der Waals surface area contributed by atoms with Gasteiger partial charge in [0.1, 0.15) is 5.82 Å². The van der Waals surface area contributed by atoms with Crippen molar-refractivity contribution in [1.82, 2.24) is 5.43 Å². The van der Waals surface area contributed by atoms with E-state index in [2.05, 4.69) is 28.0 Å². The van der Waals surface area contributed by atoms with Crippen molar-refractivity contribution in [3.8, 4) is 0 Å². The Morgan fingerprint density at radius 3 is 3.00 bits per heavy atom. The van der Waals surface area contributed by atoms with E-state index in [1.165, 1.54) is 6.07 Å². The number of hydrogen-bond donors (Lipinski definition) is 2. The summed E-state index contributed by atoms with van der Waals surface area (Å²) in [6.45, 7) is -0.0111. The molecule has 0 spiro atoms. The molecule has 0 aromatic heterocycles. The van der Waals surface area contributed by atoms with Gasteiger partial charge in [-0.25, -0.2) is 9.82 Å². The number of hydrazone groups is 1. The molecule has 0 heterocycles. The lowest BCUT2D eigenvalue weighted by molar-refractivity contribution is -0.119. The molecule has 1 aliphatic rings. The summed E-state index contributed by atoms with van der Waals surface area (Å²) in [6.07, 6.45) is 9.13. The number of nitrogens with one attached hydrogen (secondary N) is 2. The number of amides is 1. The number of anilines is 1. The summed E-state index contributed by atoms with van der Waals surface area (Å²) >= 11 is 0. The Morgan fingerprint density at radius 1 is 1.40 bits per heavy atom. The number of rotatable bonds is 5. The van der Waals surface area contributed by atoms with E-state index in [1.807, 2.05) is 0 Å². The molecule has 1 aliphatic carbocycles. The molecule has 0 bridgehead atoms. The summed E-state index contributed by atoms with van der Waals surface area (Å²) in [7, 11) is 0. The van der Waals surface area contributed by atoms with Crippen LogP contribution in [0.5, 0.6) is 0 Å². The maximum atomic E-state index is 13.3. The van der Waals surface area contributed by atoms with Crippen LogP contribution in [0.15, 0.2) is 41.5 Å². The van der Waals surface area contributed by atoms with E-state index in [0.29, 0.717) is 11.6 Å². The maximum absolute atomic E-state index is 13.3. The molecule has 1 aromatic carbocycles. The minimum absolute atomic E-state index is 0.0111. The Labute approximate surface area is 117 Å². The molecule has 0 saturated heterocycles. The highest BCUT2D eigenvalue weighted by Crippen LogP contribution is 2.15. The van der Waals surface area contributed by atoms with Gasteiger partial charge < -0.3 is 5.32 Å². The van der Waals surface area contributed by atoms with Gasteiger partial charge in [0.25, 0.3) is 5.91 Å². The van der Waals surface area contributed by atoms with Gasteiger partial charge in [-0.2, -0.15) is 5.10 Å². The summed E-state index contributed by atoms with van der Waals surface area (Å²) in [5.74, 6) is -0.284.